The molecule has 25 heavy (non-hydrogen) atoms. The maximum atomic E-state index is 12.5. The van der Waals surface area contributed by atoms with E-state index < -0.39 is 11.7 Å². The van der Waals surface area contributed by atoms with Crippen molar-refractivity contribution in [2.24, 2.45) is 0 Å². The molecule has 0 aliphatic rings. The van der Waals surface area contributed by atoms with E-state index in [0.29, 0.717) is 19.0 Å². The molecule has 2 aromatic carbocycles. The van der Waals surface area contributed by atoms with Crippen LogP contribution < -0.4 is 5.32 Å². The van der Waals surface area contributed by atoms with Crippen LogP contribution in [0, 0.1) is 0 Å². The third kappa shape index (κ3) is 4.49. The van der Waals surface area contributed by atoms with E-state index in [-0.39, 0.29) is 0 Å². The van der Waals surface area contributed by atoms with Crippen molar-refractivity contribution in [1.29, 1.82) is 0 Å². The number of alkyl halides is 3. The third-order valence-electron chi connectivity index (χ3n) is 3.57. The molecule has 1 aromatic heterocycles. The summed E-state index contributed by atoms with van der Waals surface area (Å²) in [4.78, 5) is 4.41. The standard InChI is InChI=1S/C18H14BrF3N2O/c19-16-4-2-1-3-15(16)17-24-14(11-25-17)10-23-9-12-5-7-13(8-6-12)18(20,21)22/h1-8,11,23H,9-10H2. The van der Waals surface area contributed by atoms with Gasteiger partial charge >= 0.3 is 6.18 Å². The second-order valence-electron chi connectivity index (χ2n) is 5.42. The van der Waals surface area contributed by atoms with E-state index >= 15 is 0 Å². The zero-order valence-corrected chi connectivity index (χ0v) is 14.6. The molecule has 1 N–H and O–H groups in total. The molecule has 0 amide bonds. The number of aromatic nitrogens is 1. The van der Waals surface area contributed by atoms with E-state index in [1.54, 1.807) is 6.26 Å². The lowest BCUT2D eigenvalue weighted by molar-refractivity contribution is -0.137. The molecule has 0 atom stereocenters. The summed E-state index contributed by atoms with van der Waals surface area (Å²) < 4.78 is 43.9. The molecule has 0 aliphatic heterocycles. The average molecular weight is 411 g/mol. The Morgan fingerprint density at radius 3 is 2.40 bits per heavy atom. The lowest BCUT2D eigenvalue weighted by Crippen LogP contribution is -2.13. The molecule has 3 nitrogen and oxygen atoms in total. The van der Waals surface area contributed by atoms with Gasteiger partial charge in [-0.15, -0.1) is 0 Å². The summed E-state index contributed by atoms with van der Waals surface area (Å²) >= 11 is 3.45. The largest absolute Gasteiger partial charge is 0.444 e. The highest BCUT2D eigenvalue weighted by molar-refractivity contribution is 9.10. The predicted molar refractivity (Wildman–Crippen MR) is 91.6 cm³/mol. The Morgan fingerprint density at radius 1 is 1.00 bits per heavy atom. The van der Waals surface area contributed by atoms with Crippen molar-refractivity contribution in [3.05, 3.63) is 76.1 Å². The quantitative estimate of drug-likeness (QED) is 0.610. The summed E-state index contributed by atoms with van der Waals surface area (Å²) in [6, 6.07) is 12.7. The first-order valence-corrected chi connectivity index (χ1v) is 8.29. The van der Waals surface area contributed by atoms with Gasteiger partial charge in [0.1, 0.15) is 6.26 Å². The Bertz CT molecular complexity index is 844. The van der Waals surface area contributed by atoms with Gasteiger partial charge in [-0.3, -0.25) is 0 Å². The molecule has 0 aliphatic carbocycles. The summed E-state index contributed by atoms with van der Waals surface area (Å²) in [6.45, 7) is 0.893. The van der Waals surface area contributed by atoms with E-state index in [0.717, 1.165) is 33.4 Å². The van der Waals surface area contributed by atoms with Gasteiger partial charge < -0.3 is 9.73 Å². The average Bonchev–Trinajstić information content (AvgIpc) is 3.03. The van der Waals surface area contributed by atoms with Crippen LogP contribution in [0.2, 0.25) is 0 Å². The SMILES string of the molecule is FC(F)(F)c1ccc(CNCc2coc(-c3ccccc3Br)n2)cc1. The molecular weight excluding hydrogens is 397 g/mol. The molecule has 0 bridgehead atoms. The number of hydrogen-bond donors (Lipinski definition) is 1. The summed E-state index contributed by atoms with van der Waals surface area (Å²) in [5.41, 5.74) is 1.70. The topological polar surface area (TPSA) is 38.1 Å². The van der Waals surface area contributed by atoms with Crippen molar-refractivity contribution in [3.63, 3.8) is 0 Å². The molecule has 7 heteroatoms. The van der Waals surface area contributed by atoms with Crippen LogP contribution in [-0.4, -0.2) is 4.98 Å². The summed E-state index contributed by atoms with van der Waals surface area (Å²) in [6.07, 6.45) is -2.75. The minimum atomic E-state index is -4.31. The number of nitrogens with one attached hydrogen (secondary N) is 1. The minimum absolute atomic E-state index is 0.440. The monoisotopic (exact) mass is 410 g/mol. The van der Waals surface area contributed by atoms with Gasteiger partial charge in [-0.05, 0) is 45.8 Å². The maximum absolute atomic E-state index is 12.5. The van der Waals surface area contributed by atoms with Gasteiger partial charge in [-0.2, -0.15) is 13.2 Å². The molecular formula is C18H14BrF3N2O. The molecule has 130 valence electrons. The lowest BCUT2D eigenvalue weighted by Gasteiger charge is -2.08. The van der Waals surface area contributed by atoms with Crippen LogP contribution in [0.4, 0.5) is 13.2 Å². The van der Waals surface area contributed by atoms with Crippen molar-refractivity contribution < 1.29 is 17.6 Å². The summed E-state index contributed by atoms with van der Waals surface area (Å²) in [5, 5.41) is 3.14. The number of oxazole rings is 1. The molecule has 0 spiro atoms. The Labute approximate surface area is 151 Å². The van der Waals surface area contributed by atoms with Gasteiger partial charge in [0.2, 0.25) is 5.89 Å². The van der Waals surface area contributed by atoms with Gasteiger partial charge in [-0.25, -0.2) is 4.98 Å². The van der Waals surface area contributed by atoms with Crippen molar-refractivity contribution in [1.82, 2.24) is 10.3 Å². The van der Waals surface area contributed by atoms with Crippen LogP contribution in [0.5, 0.6) is 0 Å². The number of benzene rings is 2. The minimum Gasteiger partial charge on any atom is -0.444 e. The van der Waals surface area contributed by atoms with E-state index in [1.165, 1.54) is 12.1 Å². The summed E-state index contributed by atoms with van der Waals surface area (Å²) in [7, 11) is 0. The Balaban J connectivity index is 1.57. The fourth-order valence-corrected chi connectivity index (χ4v) is 2.75. The molecule has 0 saturated heterocycles. The highest BCUT2D eigenvalue weighted by atomic mass is 79.9. The van der Waals surface area contributed by atoms with Crippen LogP contribution in [0.25, 0.3) is 11.5 Å². The van der Waals surface area contributed by atoms with Gasteiger partial charge in [-0.1, -0.05) is 24.3 Å². The first kappa shape index (κ1) is 17.7. The highest BCUT2D eigenvalue weighted by Gasteiger charge is 2.29. The van der Waals surface area contributed by atoms with Crippen LogP contribution in [0.15, 0.2) is 63.7 Å². The highest BCUT2D eigenvalue weighted by Crippen LogP contribution is 2.29. The number of halogens is 4. The summed E-state index contributed by atoms with van der Waals surface area (Å²) in [5.74, 6) is 0.513. The van der Waals surface area contributed by atoms with Gasteiger partial charge in [0.15, 0.2) is 0 Å². The third-order valence-corrected chi connectivity index (χ3v) is 4.26. The molecule has 0 radical (unpaired) electrons. The molecule has 0 unspecified atom stereocenters. The first-order valence-electron chi connectivity index (χ1n) is 7.49. The zero-order chi connectivity index (χ0) is 17.9. The smallest absolute Gasteiger partial charge is 0.416 e. The van der Waals surface area contributed by atoms with Gasteiger partial charge in [0.25, 0.3) is 0 Å². The second-order valence-corrected chi connectivity index (χ2v) is 6.28. The normalized spacial score (nSPS) is 11.7. The van der Waals surface area contributed by atoms with Crippen LogP contribution >= 0.6 is 15.9 Å². The second kappa shape index (κ2) is 7.41. The predicted octanol–water partition coefficient (Wildman–Crippen LogP) is 5.41. The van der Waals surface area contributed by atoms with E-state index in [4.69, 9.17) is 4.42 Å². The van der Waals surface area contributed by atoms with Gasteiger partial charge in [0.05, 0.1) is 16.8 Å². The van der Waals surface area contributed by atoms with Crippen molar-refractivity contribution >= 4 is 15.9 Å². The fourth-order valence-electron chi connectivity index (χ4n) is 2.29. The molecule has 3 rings (SSSR count). The Kier molecular flexibility index (Phi) is 5.24. The van der Waals surface area contributed by atoms with Crippen LogP contribution in [0.3, 0.4) is 0 Å². The molecule has 0 saturated carbocycles. The zero-order valence-electron chi connectivity index (χ0n) is 13.0. The van der Waals surface area contributed by atoms with Gasteiger partial charge in [0, 0.05) is 17.6 Å². The Morgan fingerprint density at radius 2 is 1.72 bits per heavy atom. The van der Waals surface area contributed by atoms with E-state index in [1.807, 2.05) is 24.3 Å². The van der Waals surface area contributed by atoms with E-state index in [9.17, 15) is 13.2 Å². The number of rotatable bonds is 5. The molecule has 1 heterocycles. The lowest BCUT2D eigenvalue weighted by atomic mass is 10.1. The van der Waals surface area contributed by atoms with Crippen LogP contribution in [0.1, 0.15) is 16.8 Å². The first-order chi connectivity index (χ1) is 11.9. The number of hydrogen-bond acceptors (Lipinski definition) is 3. The van der Waals surface area contributed by atoms with E-state index in [2.05, 4.69) is 26.2 Å². The van der Waals surface area contributed by atoms with Crippen molar-refractivity contribution in [2.45, 2.75) is 19.3 Å². The molecule has 0 fully saturated rings. The number of nitrogens with zero attached hydrogens (tertiary/aromatic N) is 1. The Hall–Kier alpha value is -2.12. The fraction of sp³-hybridized carbons (Fsp3) is 0.167. The maximum Gasteiger partial charge on any atom is 0.416 e. The van der Waals surface area contributed by atoms with Crippen LogP contribution in [-0.2, 0) is 19.3 Å². The van der Waals surface area contributed by atoms with Crippen molar-refractivity contribution in [3.8, 4) is 11.5 Å². The molecule has 3 aromatic rings. The van der Waals surface area contributed by atoms with Crippen molar-refractivity contribution in [2.75, 3.05) is 0 Å².